The Morgan fingerprint density at radius 1 is 1.47 bits per heavy atom. The second-order valence-electron chi connectivity index (χ2n) is 3.86. The summed E-state index contributed by atoms with van der Waals surface area (Å²) in [6, 6.07) is 5.95. The zero-order chi connectivity index (χ0) is 12.4. The molecular formula is C12H12N4S. The minimum Gasteiger partial charge on any atom is -0.369 e. The van der Waals surface area contributed by atoms with E-state index < -0.39 is 0 Å². The molecule has 0 aliphatic heterocycles. The third kappa shape index (κ3) is 2.27. The molecule has 0 fully saturated rings. The van der Waals surface area contributed by atoms with Crippen molar-refractivity contribution >= 4 is 33.6 Å². The number of nitrogens with zero attached hydrogens (tertiary/aromatic N) is 4. The Morgan fingerprint density at radius 2 is 2.24 bits per heavy atom. The summed E-state index contributed by atoms with van der Waals surface area (Å²) in [7, 11) is 3.79. The van der Waals surface area contributed by atoms with Gasteiger partial charge in [0.25, 0.3) is 0 Å². The van der Waals surface area contributed by atoms with E-state index in [1.807, 2.05) is 38.1 Å². The number of aromatic nitrogens is 1. The van der Waals surface area contributed by atoms with Gasteiger partial charge in [-0.3, -0.25) is 0 Å². The van der Waals surface area contributed by atoms with Gasteiger partial charge in [-0.2, -0.15) is 5.26 Å². The van der Waals surface area contributed by atoms with Crippen LogP contribution in [-0.4, -0.2) is 30.3 Å². The van der Waals surface area contributed by atoms with Gasteiger partial charge in [0.1, 0.15) is 6.07 Å². The first-order chi connectivity index (χ1) is 8.11. The van der Waals surface area contributed by atoms with E-state index in [4.69, 9.17) is 0 Å². The van der Waals surface area contributed by atoms with Gasteiger partial charge in [0.15, 0.2) is 0 Å². The number of thiazole rings is 1. The Morgan fingerprint density at radius 3 is 2.88 bits per heavy atom. The SMILES string of the molecule is Cc1nc2ccc(N=CN(C)C)c(C#N)c2s1. The normalized spacial score (nSPS) is 10.9. The highest BCUT2D eigenvalue weighted by molar-refractivity contribution is 7.18. The van der Waals surface area contributed by atoms with E-state index in [0.717, 1.165) is 15.2 Å². The molecule has 0 N–H and O–H groups in total. The molecule has 0 aliphatic carbocycles. The van der Waals surface area contributed by atoms with Crippen molar-refractivity contribution in [1.29, 1.82) is 5.26 Å². The fraction of sp³-hybridized carbons (Fsp3) is 0.250. The van der Waals surface area contributed by atoms with Crippen LogP contribution in [0.2, 0.25) is 0 Å². The van der Waals surface area contributed by atoms with Crippen molar-refractivity contribution in [2.45, 2.75) is 6.92 Å². The minimum atomic E-state index is 0.603. The fourth-order valence-corrected chi connectivity index (χ4v) is 2.40. The summed E-state index contributed by atoms with van der Waals surface area (Å²) in [5.41, 5.74) is 2.16. The largest absolute Gasteiger partial charge is 0.369 e. The topological polar surface area (TPSA) is 52.3 Å². The minimum absolute atomic E-state index is 0.603. The van der Waals surface area contributed by atoms with Crippen LogP contribution in [-0.2, 0) is 0 Å². The molecule has 0 saturated heterocycles. The molecule has 0 spiro atoms. The van der Waals surface area contributed by atoms with Gasteiger partial charge in [-0.05, 0) is 19.1 Å². The van der Waals surface area contributed by atoms with Gasteiger partial charge < -0.3 is 4.90 Å². The van der Waals surface area contributed by atoms with E-state index in [9.17, 15) is 5.26 Å². The first-order valence-corrected chi connectivity index (χ1v) is 5.94. The van der Waals surface area contributed by atoms with Crippen LogP contribution in [0, 0.1) is 18.3 Å². The van der Waals surface area contributed by atoms with Crippen LogP contribution in [0.1, 0.15) is 10.6 Å². The van der Waals surface area contributed by atoms with Crippen molar-refractivity contribution in [1.82, 2.24) is 9.88 Å². The summed E-state index contributed by atoms with van der Waals surface area (Å²) in [5, 5.41) is 10.2. The molecule has 0 aliphatic rings. The zero-order valence-corrected chi connectivity index (χ0v) is 10.7. The predicted octanol–water partition coefficient (Wildman–Crippen LogP) is 2.70. The second kappa shape index (κ2) is 4.52. The molecule has 1 aromatic heterocycles. The van der Waals surface area contributed by atoms with Gasteiger partial charge in [0.05, 0.1) is 32.8 Å². The molecule has 1 aromatic carbocycles. The van der Waals surface area contributed by atoms with Crippen molar-refractivity contribution in [3.05, 3.63) is 22.7 Å². The van der Waals surface area contributed by atoms with Crippen LogP contribution in [0.3, 0.4) is 0 Å². The lowest BCUT2D eigenvalue weighted by Crippen LogP contribution is -2.07. The monoisotopic (exact) mass is 244 g/mol. The third-order valence-corrected chi connectivity index (χ3v) is 3.19. The summed E-state index contributed by atoms with van der Waals surface area (Å²) in [6.45, 7) is 1.94. The number of aryl methyl sites for hydroxylation is 1. The summed E-state index contributed by atoms with van der Waals surface area (Å²) in [6.07, 6.45) is 1.69. The van der Waals surface area contributed by atoms with Crippen LogP contribution in [0.25, 0.3) is 10.2 Å². The van der Waals surface area contributed by atoms with Crippen molar-refractivity contribution in [2.24, 2.45) is 4.99 Å². The first-order valence-electron chi connectivity index (χ1n) is 5.12. The van der Waals surface area contributed by atoms with E-state index in [0.29, 0.717) is 11.3 Å². The second-order valence-corrected chi connectivity index (χ2v) is 5.06. The molecular weight excluding hydrogens is 232 g/mol. The maximum atomic E-state index is 9.23. The van der Waals surface area contributed by atoms with Crippen LogP contribution in [0.5, 0.6) is 0 Å². The number of hydrogen-bond acceptors (Lipinski definition) is 4. The highest BCUT2D eigenvalue weighted by Crippen LogP contribution is 2.31. The number of aliphatic imine (C=N–C) groups is 1. The molecule has 5 heteroatoms. The molecule has 4 nitrogen and oxygen atoms in total. The molecule has 0 atom stereocenters. The molecule has 1 heterocycles. The Labute approximate surface area is 104 Å². The highest BCUT2D eigenvalue weighted by atomic mass is 32.1. The van der Waals surface area contributed by atoms with Gasteiger partial charge in [0.2, 0.25) is 0 Å². The van der Waals surface area contributed by atoms with Gasteiger partial charge >= 0.3 is 0 Å². The molecule has 2 aromatic rings. The maximum Gasteiger partial charge on any atom is 0.103 e. The van der Waals surface area contributed by atoms with Crippen molar-refractivity contribution in [3.63, 3.8) is 0 Å². The molecule has 0 bridgehead atoms. The first kappa shape index (κ1) is 11.6. The molecule has 2 rings (SSSR count). The van der Waals surface area contributed by atoms with Crippen molar-refractivity contribution in [2.75, 3.05) is 14.1 Å². The van der Waals surface area contributed by atoms with E-state index >= 15 is 0 Å². The van der Waals surface area contributed by atoms with E-state index in [1.54, 1.807) is 6.34 Å². The summed E-state index contributed by atoms with van der Waals surface area (Å²) < 4.78 is 0.915. The van der Waals surface area contributed by atoms with Gasteiger partial charge in [-0.15, -0.1) is 11.3 Å². The lowest BCUT2D eigenvalue weighted by molar-refractivity contribution is 0.643. The number of nitriles is 1. The summed E-state index contributed by atoms with van der Waals surface area (Å²) >= 11 is 1.53. The predicted molar refractivity (Wildman–Crippen MR) is 70.9 cm³/mol. The van der Waals surface area contributed by atoms with Crippen molar-refractivity contribution in [3.8, 4) is 6.07 Å². The molecule has 17 heavy (non-hydrogen) atoms. The van der Waals surface area contributed by atoms with E-state index in [-0.39, 0.29) is 0 Å². The highest BCUT2D eigenvalue weighted by Gasteiger charge is 2.10. The average Bonchev–Trinajstić information content (AvgIpc) is 2.65. The Balaban J connectivity index is 2.61. The van der Waals surface area contributed by atoms with E-state index in [1.165, 1.54) is 11.3 Å². The van der Waals surface area contributed by atoms with Crippen molar-refractivity contribution < 1.29 is 0 Å². The van der Waals surface area contributed by atoms with Gasteiger partial charge in [-0.1, -0.05) is 0 Å². The zero-order valence-electron chi connectivity index (χ0n) is 9.93. The molecule has 0 saturated carbocycles. The fourth-order valence-electron chi connectivity index (χ4n) is 1.49. The lowest BCUT2D eigenvalue weighted by Gasteiger charge is -2.03. The average molecular weight is 244 g/mol. The Hall–Kier alpha value is -1.93. The standard InChI is InChI=1S/C12H12N4S/c1-8-15-11-5-4-10(14-7-16(2)3)9(6-13)12(11)17-8/h4-5,7H,1-3H3. The number of hydrogen-bond donors (Lipinski definition) is 0. The molecule has 86 valence electrons. The summed E-state index contributed by atoms with van der Waals surface area (Å²) in [5.74, 6) is 0. The van der Waals surface area contributed by atoms with Crippen LogP contribution in [0.4, 0.5) is 5.69 Å². The molecule has 0 unspecified atom stereocenters. The Kier molecular flexibility index (Phi) is 3.07. The number of fused-ring (bicyclic) bond motifs is 1. The quantitative estimate of drug-likeness (QED) is 0.603. The third-order valence-electron chi connectivity index (χ3n) is 2.18. The van der Waals surface area contributed by atoms with E-state index in [2.05, 4.69) is 16.0 Å². The van der Waals surface area contributed by atoms with Crippen LogP contribution >= 0.6 is 11.3 Å². The van der Waals surface area contributed by atoms with Gasteiger partial charge in [-0.25, -0.2) is 9.98 Å². The summed E-state index contributed by atoms with van der Waals surface area (Å²) in [4.78, 5) is 10.5. The Bertz CT molecular complexity index is 619. The van der Waals surface area contributed by atoms with Crippen LogP contribution in [0.15, 0.2) is 17.1 Å². The number of rotatable bonds is 2. The smallest absolute Gasteiger partial charge is 0.103 e. The molecule has 0 radical (unpaired) electrons. The molecule has 0 amide bonds. The van der Waals surface area contributed by atoms with Crippen LogP contribution < -0.4 is 0 Å². The maximum absolute atomic E-state index is 9.23. The lowest BCUT2D eigenvalue weighted by atomic mass is 10.2. The number of benzene rings is 1. The van der Waals surface area contributed by atoms with Gasteiger partial charge in [0, 0.05) is 14.1 Å².